The fourth-order valence-electron chi connectivity index (χ4n) is 1.09. The van der Waals surface area contributed by atoms with E-state index in [0.29, 0.717) is 11.5 Å². The van der Waals surface area contributed by atoms with E-state index >= 15 is 0 Å². The van der Waals surface area contributed by atoms with Gasteiger partial charge in [0.25, 0.3) is 0 Å². The molecule has 0 aliphatic rings. The maximum atomic E-state index is 10.1. The van der Waals surface area contributed by atoms with E-state index < -0.39 is 0 Å². The zero-order valence-corrected chi connectivity index (χ0v) is 9.73. The van der Waals surface area contributed by atoms with Crippen molar-refractivity contribution in [2.45, 2.75) is 6.92 Å². The van der Waals surface area contributed by atoms with Gasteiger partial charge in [0.05, 0.1) is 5.69 Å². The topological polar surface area (TPSA) is 65.2 Å². The Hall–Kier alpha value is -1.82. The average molecular weight is 238 g/mol. The van der Waals surface area contributed by atoms with Crippen LogP contribution in [0.3, 0.4) is 0 Å². The van der Waals surface area contributed by atoms with Crippen LogP contribution >= 0.6 is 12.2 Å². The summed E-state index contributed by atoms with van der Waals surface area (Å²) >= 11 is 5.04. The van der Waals surface area contributed by atoms with Crippen molar-refractivity contribution in [1.82, 2.24) is 10.7 Å². The molecule has 86 valence electrons. The van der Waals surface area contributed by atoms with Crippen LogP contribution in [0.1, 0.15) is 6.92 Å². The van der Waals surface area contributed by atoms with Gasteiger partial charge in [-0.05, 0) is 43.4 Å². The molecule has 1 aromatic carbocycles. The third kappa shape index (κ3) is 4.14. The van der Waals surface area contributed by atoms with Crippen molar-refractivity contribution >= 4 is 35.1 Å². The lowest BCUT2D eigenvalue weighted by Gasteiger charge is -2.09. The molecule has 0 bridgehead atoms. The standard InChI is InChI=1S/C10H14N4OS/c1-2-11-10(16)13-8-3-5-9(6-4-8)14-12-7-15/h3-7,14H,2H2,1H3,(H,12,15)(H2,11,13,16). The molecule has 16 heavy (non-hydrogen) atoms. The first-order valence-corrected chi connectivity index (χ1v) is 5.27. The van der Waals surface area contributed by atoms with Crippen LogP contribution in [0.4, 0.5) is 11.4 Å². The Kier molecular flexibility index (Phi) is 5.07. The van der Waals surface area contributed by atoms with Gasteiger partial charge in [0, 0.05) is 12.2 Å². The highest BCUT2D eigenvalue weighted by Crippen LogP contribution is 2.12. The molecular formula is C10H14N4OS. The van der Waals surface area contributed by atoms with Crippen LogP contribution < -0.4 is 21.5 Å². The summed E-state index contributed by atoms with van der Waals surface area (Å²) in [6, 6.07) is 7.37. The number of anilines is 2. The molecule has 1 rings (SSSR count). The minimum Gasteiger partial charge on any atom is -0.363 e. The van der Waals surface area contributed by atoms with Crippen molar-refractivity contribution in [3.05, 3.63) is 24.3 Å². The van der Waals surface area contributed by atoms with Gasteiger partial charge in [-0.2, -0.15) is 0 Å². The summed E-state index contributed by atoms with van der Waals surface area (Å²) in [6.45, 7) is 2.76. The monoisotopic (exact) mass is 238 g/mol. The minimum absolute atomic E-state index is 0.576. The molecule has 0 unspecified atom stereocenters. The molecule has 1 aromatic rings. The second-order valence-corrected chi connectivity index (χ2v) is 3.36. The van der Waals surface area contributed by atoms with E-state index in [1.54, 1.807) is 0 Å². The smallest absolute Gasteiger partial charge is 0.225 e. The molecule has 0 aliphatic carbocycles. The van der Waals surface area contributed by atoms with E-state index in [1.165, 1.54) is 0 Å². The van der Waals surface area contributed by atoms with Crippen molar-refractivity contribution in [3.8, 4) is 0 Å². The van der Waals surface area contributed by atoms with Gasteiger partial charge in [0.15, 0.2) is 5.11 Å². The lowest BCUT2D eigenvalue weighted by molar-refractivity contribution is -0.109. The summed E-state index contributed by atoms with van der Waals surface area (Å²) in [7, 11) is 0. The predicted octanol–water partition coefficient (Wildman–Crippen LogP) is 1.07. The highest BCUT2D eigenvalue weighted by atomic mass is 32.1. The molecule has 0 heterocycles. The van der Waals surface area contributed by atoms with Gasteiger partial charge in [-0.1, -0.05) is 0 Å². The molecule has 0 atom stereocenters. The first kappa shape index (κ1) is 12.3. The van der Waals surface area contributed by atoms with Crippen LogP contribution in [0.25, 0.3) is 0 Å². The molecule has 0 radical (unpaired) electrons. The van der Waals surface area contributed by atoms with E-state index in [0.717, 1.165) is 17.9 Å². The quantitative estimate of drug-likeness (QED) is 0.351. The Morgan fingerprint density at radius 3 is 2.50 bits per heavy atom. The highest BCUT2D eigenvalue weighted by Gasteiger charge is 1.96. The summed E-state index contributed by atoms with van der Waals surface area (Å²) in [5.74, 6) is 0. The fraction of sp³-hybridized carbons (Fsp3) is 0.200. The largest absolute Gasteiger partial charge is 0.363 e. The van der Waals surface area contributed by atoms with Crippen molar-refractivity contribution in [2.75, 3.05) is 17.3 Å². The Morgan fingerprint density at radius 1 is 1.31 bits per heavy atom. The molecule has 0 saturated heterocycles. The van der Waals surface area contributed by atoms with Crippen LogP contribution in [-0.2, 0) is 4.79 Å². The lowest BCUT2D eigenvalue weighted by Crippen LogP contribution is -2.27. The number of amides is 1. The van der Waals surface area contributed by atoms with Gasteiger partial charge in [-0.25, -0.2) is 0 Å². The first-order chi connectivity index (χ1) is 7.76. The average Bonchev–Trinajstić information content (AvgIpc) is 2.28. The lowest BCUT2D eigenvalue weighted by atomic mass is 10.3. The summed E-state index contributed by atoms with van der Waals surface area (Å²) in [6.07, 6.45) is 0.576. The molecule has 0 spiro atoms. The summed E-state index contributed by atoms with van der Waals surface area (Å²) in [5, 5.41) is 6.61. The molecule has 0 aromatic heterocycles. The Labute approximate surface area is 99.6 Å². The number of nitrogens with one attached hydrogen (secondary N) is 4. The molecule has 0 saturated carbocycles. The second-order valence-electron chi connectivity index (χ2n) is 2.95. The van der Waals surface area contributed by atoms with Gasteiger partial charge in [0.1, 0.15) is 0 Å². The molecular weight excluding hydrogens is 224 g/mol. The predicted molar refractivity (Wildman–Crippen MR) is 69.2 cm³/mol. The number of benzene rings is 1. The summed E-state index contributed by atoms with van der Waals surface area (Å²) in [4.78, 5) is 10.1. The summed E-state index contributed by atoms with van der Waals surface area (Å²) in [5.41, 5.74) is 6.75. The number of carbonyl (C=O) groups excluding carboxylic acids is 1. The number of hydrogen-bond donors (Lipinski definition) is 4. The zero-order valence-electron chi connectivity index (χ0n) is 8.91. The van der Waals surface area contributed by atoms with Crippen LogP contribution in [0.15, 0.2) is 24.3 Å². The highest BCUT2D eigenvalue weighted by molar-refractivity contribution is 7.80. The van der Waals surface area contributed by atoms with Gasteiger partial charge in [0.2, 0.25) is 6.41 Å². The molecule has 0 fully saturated rings. The third-order valence-corrected chi connectivity index (χ3v) is 2.00. The van der Waals surface area contributed by atoms with Gasteiger partial charge in [-0.3, -0.25) is 15.6 Å². The number of hydrazine groups is 1. The third-order valence-electron chi connectivity index (χ3n) is 1.76. The van der Waals surface area contributed by atoms with E-state index in [1.807, 2.05) is 31.2 Å². The maximum absolute atomic E-state index is 10.1. The Morgan fingerprint density at radius 2 is 1.94 bits per heavy atom. The Balaban J connectivity index is 2.50. The summed E-state index contributed by atoms with van der Waals surface area (Å²) < 4.78 is 0. The molecule has 4 N–H and O–H groups in total. The SMILES string of the molecule is CCNC(=S)Nc1ccc(NNC=O)cc1. The number of thiocarbonyl (C=S) groups is 1. The van der Waals surface area contributed by atoms with Crippen molar-refractivity contribution in [1.29, 1.82) is 0 Å². The molecule has 0 aliphatic heterocycles. The molecule has 6 heteroatoms. The van der Waals surface area contributed by atoms with Crippen LogP contribution in [0.5, 0.6) is 0 Å². The van der Waals surface area contributed by atoms with Crippen LogP contribution in [0, 0.1) is 0 Å². The number of rotatable bonds is 5. The number of hydrogen-bond acceptors (Lipinski definition) is 3. The van der Waals surface area contributed by atoms with Crippen LogP contribution in [-0.4, -0.2) is 18.1 Å². The second kappa shape index (κ2) is 6.62. The zero-order chi connectivity index (χ0) is 11.8. The van der Waals surface area contributed by atoms with Crippen molar-refractivity contribution < 1.29 is 4.79 Å². The maximum Gasteiger partial charge on any atom is 0.225 e. The van der Waals surface area contributed by atoms with Crippen LogP contribution in [0.2, 0.25) is 0 Å². The first-order valence-electron chi connectivity index (χ1n) is 4.86. The number of carbonyl (C=O) groups is 1. The van der Waals surface area contributed by atoms with Gasteiger partial charge >= 0.3 is 0 Å². The van der Waals surface area contributed by atoms with Gasteiger partial charge < -0.3 is 10.6 Å². The van der Waals surface area contributed by atoms with Crippen molar-refractivity contribution in [2.24, 2.45) is 0 Å². The van der Waals surface area contributed by atoms with Gasteiger partial charge in [-0.15, -0.1) is 0 Å². The van der Waals surface area contributed by atoms with E-state index in [-0.39, 0.29) is 0 Å². The van der Waals surface area contributed by atoms with E-state index in [4.69, 9.17) is 12.2 Å². The molecule has 5 nitrogen and oxygen atoms in total. The molecule has 1 amide bonds. The Bertz CT molecular complexity index is 352. The fourth-order valence-corrected chi connectivity index (χ4v) is 1.35. The minimum atomic E-state index is 0.576. The van der Waals surface area contributed by atoms with E-state index in [2.05, 4.69) is 21.5 Å². The normalized spacial score (nSPS) is 9.06. The van der Waals surface area contributed by atoms with Crippen molar-refractivity contribution in [3.63, 3.8) is 0 Å². The van der Waals surface area contributed by atoms with E-state index in [9.17, 15) is 4.79 Å².